The molecule has 0 radical (unpaired) electrons. The number of hydrogen-bond acceptors (Lipinski definition) is 4. The van der Waals surface area contributed by atoms with Gasteiger partial charge in [-0.15, -0.1) is 0 Å². The molecule has 0 unspecified atom stereocenters. The predicted octanol–water partition coefficient (Wildman–Crippen LogP) is 2.18. The fraction of sp³-hybridized carbons (Fsp3) is 0.190. The van der Waals surface area contributed by atoms with Crippen LogP contribution in [0.2, 0.25) is 0 Å². The van der Waals surface area contributed by atoms with Crippen molar-refractivity contribution in [3.05, 3.63) is 71.4 Å². The van der Waals surface area contributed by atoms with Gasteiger partial charge in [-0.2, -0.15) is 0 Å². The summed E-state index contributed by atoms with van der Waals surface area (Å²) in [6.07, 6.45) is 3.39. The van der Waals surface area contributed by atoms with Gasteiger partial charge in [-0.3, -0.25) is 14.2 Å². The van der Waals surface area contributed by atoms with Gasteiger partial charge in [-0.25, -0.2) is 4.98 Å². The molecule has 0 saturated carbocycles. The van der Waals surface area contributed by atoms with Crippen LogP contribution in [0.3, 0.4) is 0 Å². The minimum Gasteiger partial charge on any atom is -0.497 e. The van der Waals surface area contributed by atoms with Crippen LogP contribution in [0.4, 0.5) is 0 Å². The Hall–Kier alpha value is -3.61. The van der Waals surface area contributed by atoms with Crippen molar-refractivity contribution in [2.75, 3.05) is 13.7 Å². The number of amides is 1. The van der Waals surface area contributed by atoms with Crippen molar-refractivity contribution in [2.45, 2.75) is 13.1 Å². The zero-order valence-electron chi connectivity index (χ0n) is 15.5. The molecule has 2 heterocycles. The number of rotatable bonds is 6. The summed E-state index contributed by atoms with van der Waals surface area (Å²) in [7, 11) is 1.64. The number of fused-ring (bicyclic) bond motifs is 2. The smallest absolute Gasteiger partial charge is 0.261 e. The SMILES string of the molecule is COc1ccc2c(ccn2CCNC(=O)Cn2cnc3ccccc3c2=O)c1. The fourth-order valence-electron chi connectivity index (χ4n) is 3.25. The topological polar surface area (TPSA) is 78.2 Å². The van der Waals surface area contributed by atoms with Gasteiger partial charge in [-0.05, 0) is 36.4 Å². The lowest BCUT2D eigenvalue weighted by Crippen LogP contribution is -2.34. The van der Waals surface area contributed by atoms with Crippen LogP contribution in [-0.2, 0) is 17.9 Å². The molecule has 1 amide bonds. The second-order valence-electron chi connectivity index (χ2n) is 6.48. The van der Waals surface area contributed by atoms with Gasteiger partial charge in [0.25, 0.3) is 5.56 Å². The van der Waals surface area contributed by atoms with Crippen molar-refractivity contribution < 1.29 is 9.53 Å². The molecule has 0 fully saturated rings. The van der Waals surface area contributed by atoms with E-state index in [0.717, 1.165) is 16.7 Å². The summed E-state index contributed by atoms with van der Waals surface area (Å²) in [5.74, 6) is 0.588. The van der Waals surface area contributed by atoms with Crippen LogP contribution in [0.25, 0.3) is 21.8 Å². The molecule has 7 heteroatoms. The highest BCUT2D eigenvalue weighted by Crippen LogP contribution is 2.21. The zero-order valence-corrected chi connectivity index (χ0v) is 15.5. The van der Waals surface area contributed by atoms with Gasteiger partial charge in [-0.1, -0.05) is 12.1 Å². The van der Waals surface area contributed by atoms with E-state index in [2.05, 4.69) is 14.9 Å². The second kappa shape index (κ2) is 7.56. The number of para-hydroxylation sites is 1. The van der Waals surface area contributed by atoms with E-state index in [4.69, 9.17) is 4.74 Å². The highest BCUT2D eigenvalue weighted by Gasteiger charge is 2.08. The molecule has 0 aliphatic rings. The summed E-state index contributed by atoms with van der Waals surface area (Å²) < 4.78 is 8.63. The van der Waals surface area contributed by atoms with Gasteiger partial charge >= 0.3 is 0 Å². The third-order valence-corrected chi connectivity index (χ3v) is 4.70. The molecule has 0 saturated heterocycles. The largest absolute Gasteiger partial charge is 0.497 e. The maximum Gasteiger partial charge on any atom is 0.261 e. The van der Waals surface area contributed by atoms with Crippen LogP contribution in [0, 0.1) is 0 Å². The quantitative estimate of drug-likeness (QED) is 0.559. The number of carbonyl (C=O) groups excluding carboxylic acids is 1. The van der Waals surface area contributed by atoms with Crippen LogP contribution in [0.15, 0.2) is 65.8 Å². The fourth-order valence-corrected chi connectivity index (χ4v) is 3.25. The van der Waals surface area contributed by atoms with Gasteiger partial charge in [0.2, 0.25) is 5.91 Å². The molecule has 0 bridgehead atoms. The van der Waals surface area contributed by atoms with E-state index in [1.807, 2.05) is 36.5 Å². The number of carbonyl (C=O) groups is 1. The van der Waals surface area contributed by atoms with Crippen molar-refractivity contribution in [2.24, 2.45) is 0 Å². The molecule has 0 atom stereocenters. The Morgan fingerprint density at radius 1 is 1.14 bits per heavy atom. The van der Waals surface area contributed by atoms with Gasteiger partial charge < -0.3 is 14.6 Å². The molecule has 28 heavy (non-hydrogen) atoms. The summed E-state index contributed by atoms with van der Waals surface area (Å²) in [6.45, 7) is 1.04. The van der Waals surface area contributed by atoms with Gasteiger partial charge in [0, 0.05) is 30.2 Å². The molecule has 1 N–H and O–H groups in total. The zero-order chi connectivity index (χ0) is 19.5. The Morgan fingerprint density at radius 2 is 2.00 bits per heavy atom. The third-order valence-electron chi connectivity index (χ3n) is 4.70. The first-order chi connectivity index (χ1) is 13.7. The summed E-state index contributed by atoms with van der Waals surface area (Å²) in [5, 5.41) is 4.45. The van der Waals surface area contributed by atoms with Gasteiger partial charge in [0.15, 0.2) is 0 Å². The van der Waals surface area contributed by atoms with E-state index in [1.54, 1.807) is 25.3 Å². The lowest BCUT2D eigenvalue weighted by molar-refractivity contribution is -0.121. The van der Waals surface area contributed by atoms with Crippen LogP contribution in [-0.4, -0.2) is 33.7 Å². The first-order valence-corrected chi connectivity index (χ1v) is 8.99. The molecule has 0 aliphatic heterocycles. The number of aromatic nitrogens is 3. The average molecular weight is 376 g/mol. The van der Waals surface area contributed by atoms with Crippen molar-refractivity contribution in [3.8, 4) is 5.75 Å². The normalized spacial score (nSPS) is 11.0. The average Bonchev–Trinajstić information content (AvgIpc) is 3.12. The number of methoxy groups -OCH3 is 1. The van der Waals surface area contributed by atoms with E-state index in [9.17, 15) is 9.59 Å². The highest BCUT2D eigenvalue weighted by atomic mass is 16.5. The lowest BCUT2D eigenvalue weighted by Gasteiger charge is -2.09. The Bertz CT molecular complexity index is 1210. The Balaban J connectivity index is 1.39. The molecule has 2 aromatic carbocycles. The van der Waals surface area contributed by atoms with Gasteiger partial charge in [0.1, 0.15) is 12.3 Å². The first kappa shape index (κ1) is 17.8. The second-order valence-corrected chi connectivity index (χ2v) is 6.48. The van der Waals surface area contributed by atoms with E-state index >= 15 is 0 Å². The van der Waals surface area contributed by atoms with Crippen molar-refractivity contribution in [1.82, 2.24) is 19.4 Å². The first-order valence-electron chi connectivity index (χ1n) is 8.99. The number of hydrogen-bond donors (Lipinski definition) is 1. The number of nitrogens with zero attached hydrogens (tertiary/aromatic N) is 3. The molecular formula is C21H20N4O3. The summed E-state index contributed by atoms with van der Waals surface area (Å²) in [6, 6.07) is 15.0. The minimum atomic E-state index is -0.225. The van der Waals surface area contributed by atoms with Crippen LogP contribution in [0.5, 0.6) is 5.75 Å². The van der Waals surface area contributed by atoms with Crippen LogP contribution < -0.4 is 15.6 Å². The van der Waals surface area contributed by atoms with Crippen molar-refractivity contribution in [1.29, 1.82) is 0 Å². The Morgan fingerprint density at radius 3 is 2.86 bits per heavy atom. The van der Waals surface area contributed by atoms with Crippen molar-refractivity contribution >= 4 is 27.7 Å². The van der Waals surface area contributed by atoms with E-state index < -0.39 is 0 Å². The predicted molar refractivity (Wildman–Crippen MR) is 108 cm³/mol. The maximum absolute atomic E-state index is 12.5. The van der Waals surface area contributed by atoms with E-state index in [0.29, 0.717) is 24.0 Å². The standard InChI is InChI=1S/C21H20N4O3/c1-28-16-6-7-19-15(12-16)8-10-24(19)11-9-22-20(26)13-25-14-23-18-5-3-2-4-17(18)21(25)27/h2-8,10,12,14H,9,11,13H2,1H3,(H,22,26). The van der Waals surface area contributed by atoms with E-state index in [1.165, 1.54) is 10.9 Å². The molecular weight excluding hydrogens is 356 g/mol. The molecule has 0 spiro atoms. The number of ether oxygens (including phenoxy) is 1. The maximum atomic E-state index is 12.5. The lowest BCUT2D eigenvalue weighted by atomic mass is 10.2. The minimum absolute atomic E-state index is 0.0553. The Labute approximate surface area is 161 Å². The molecule has 4 aromatic rings. The Kier molecular flexibility index (Phi) is 4.80. The highest BCUT2D eigenvalue weighted by molar-refractivity contribution is 5.82. The summed E-state index contributed by atoms with van der Waals surface area (Å²) >= 11 is 0. The third kappa shape index (κ3) is 3.46. The summed E-state index contributed by atoms with van der Waals surface area (Å²) in [4.78, 5) is 28.9. The number of nitrogens with one attached hydrogen (secondary N) is 1. The molecule has 4 rings (SSSR count). The van der Waals surface area contributed by atoms with E-state index in [-0.39, 0.29) is 18.0 Å². The van der Waals surface area contributed by atoms with Crippen molar-refractivity contribution in [3.63, 3.8) is 0 Å². The monoisotopic (exact) mass is 376 g/mol. The van der Waals surface area contributed by atoms with Gasteiger partial charge in [0.05, 0.1) is 24.3 Å². The number of benzene rings is 2. The molecule has 0 aliphatic carbocycles. The molecule has 142 valence electrons. The molecule has 2 aromatic heterocycles. The summed E-state index contributed by atoms with van der Waals surface area (Å²) in [5.41, 5.74) is 1.48. The molecule has 7 nitrogen and oxygen atoms in total. The van der Waals surface area contributed by atoms with Crippen LogP contribution in [0.1, 0.15) is 0 Å². The van der Waals surface area contributed by atoms with Crippen LogP contribution >= 0.6 is 0 Å².